The van der Waals surface area contributed by atoms with Crippen molar-refractivity contribution in [1.29, 1.82) is 0 Å². The molecule has 38 heavy (non-hydrogen) atoms. The lowest BCUT2D eigenvalue weighted by Gasteiger charge is -2.49. The summed E-state index contributed by atoms with van der Waals surface area (Å²) in [5.41, 5.74) is 5.47. The summed E-state index contributed by atoms with van der Waals surface area (Å²) in [5, 5.41) is 2.72. The Morgan fingerprint density at radius 3 is 2.39 bits per heavy atom. The molecule has 0 bridgehead atoms. The van der Waals surface area contributed by atoms with Gasteiger partial charge < -0.3 is 4.74 Å². The minimum Gasteiger partial charge on any atom is -0.487 e. The zero-order valence-electron chi connectivity index (χ0n) is 21.8. The fourth-order valence-corrected chi connectivity index (χ4v) is 6.93. The molecule has 7 rings (SSSR count). The second kappa shape index (κ2) is 8.51. The van der Waals surface area contributed by atoms with Crippen molar-refractivity contribution in [3.8, 4) is 5.75 Å². The van der Waals surface area contributed by atoms with E-state index in [4.69, 9.17) is 26.3 Å². The molecule has 0 radical (unpaired) electrons. The van der Waals surface area contributed by atoms with Crippen molar-refractivity contribution in [2.24, 2.45) is 11.8 Å². The summed E-state index contributed by atoms with van der Waals surface area (Å²) in [4.78, 5) is 23.6. The molecule has 0 unspecified atom stereocenters. The van der Waals surface area contributed by atoms with Crippen LogP contribution in [0.2, 0.25) is 5.02 Å². The molecule has 4 nitrogen and oxygen atoms in total. The highest BCUT2D eigenvalue weighted by atomic mass is 35.5. The first kappa shape index (κ1) is 23.6. The number of benzene rings is 4. The van der Waals surface area contributed by atoms with Crippen molar-refractivity contribution in [2.45, 2.75) is 51.6 Å². The Morgan fingerprint density at radius 2 is 1.61 bits per heavy atom. The lowest BCUT2D eigenvalue weighted by molar-refractivity contribution is -0.0115. The maximum absolute atomic E-state index is 13.2. The number of fused-ring (bicyclic) bond motifs is 9. The highest BCUT2D eigenvalue weighted by Gasteiger charge is 2.47. The van der Waals surface area contributed by atoms with E-state index >= 15 is 0 Å². The second-order valence-electron chi connectivity index (χ2n) is 11.6. The van der Waals surface area contributed by atoms with Gasteiger partial charge in [0.05, 0.1) is 22.1 Å². The average molecular weight is 521 g/mol. The number of halogens is 1. The normalized spacial score (nSPS) is 22.2. The molecule has 5 aromatic rings. The van der Waals surface area contributed by atoms with Gasteiger partial charge in [-0.15, -0.1) is 0 Å². The van der Waals surface area contributed by atoms with Crippen LogP contribution >= 0.6 is 11.6 Å². The third-order valence-corrected chi connectivity index (χ3v) is 8.95. The summed E-state index contributed by atoms with van der Waals surface area (Å²) in [5.74, 6) is 2.39. The largest absolute Gasteiger partial charge is 0.487 e. The summed E-state index contributed by atoms with van der Waals surface area (Å²) in [6.45, 7) is 6.85. The Morgan fingerprint density at radius 1 is 0.895 bits per heavy atom. The lowest BCUT2D eigenvalue weighted by Crippen LogP contribution is -2.46. The summed E-state index contributed by atoms with van der Waals surface area (Å²) < 4.78 is 6.84. The van der Waals surface area contributed by atoms with Crippen molar-refractivity contribution in [2.75, 3.05) is 0 Å². The Hall–Kier alpha value is -3.50. The number of hydrogen-bond acceptors (Lipinski definition) is 4. The van der Waals surface area contributed by atoms with E-state index in [1.807, 2.05) is 24.3 Å². The Labute approximate surface area is 227 Å². The van der Waals surface area contributed by atoms with Gasteiger partial charge in [0.25, 0.3) is 0 Å². The van der Waals surface area contributed by atoms with Crippen molar-refractivity contribution < 1.29 is 9.53 Å². The predicted octanol–water partition coefficient (Wildman–Crippen LogP) is 8.51. The van der Waals surface area contributed by atoms with Crippen LogP contribution < -0.4 is 4.74 Å². The molecule has 1 saturated carbocycles. The minimum absolute atomic E-state index is 0.0598. The van der Waals surface area contributed by atoms with Gasteiger partial charge in [0, 0.05) is 38.4 Å². The summed E-state index contributed by atoms with van der Waals surface area (Å²) in [6, 6.07) is 21.0. The smallest absolute Gasteiger partial charge is 0.193 e. The number of ether oxygens (including phenoxy) is 1. The summed E-state index contributed by atoms with van der Waals surface area (Å²) >= 11 is 6.02. The molecule has 3 atom stereocenters. The monoisotopic (exact) mass is 520 g/mol. The molecule has 0 N–H and O–H groups in total. The van der Waals surface area contributed by atoms with E-state index in [-0.39, 0.29) is 11.4 Å². The van der Waals surface area contributed by atoms with E-state index in [0.29, 0.717) is 39.4 Å². The number of nitrogens with zero attached hydrogens (tertiary/aromatic N) is 2. The first-order chi connectivity index (χ1) is 18.3. The van der Waals surface area contributed by atoms with Gasteiger partial charge in [-0.25, -0.2) is 9.97 Å². The van der Waals surface area contributed by atoms with Gasteiger partial charge in [-0.1, -0.05) is 49.2 Å². The fourth-order valence-electron chi connectivity index (χ4n) is 6.80. The zero-order valence-corrected chi connectivity index (χ0v) is 22.5. The molecular formula is C33H29ClN2O2. The molecule has 5 heteroatoms. The number of hydrogen-bond donors (Lipinski definition) is 0. The average Bonchev–Trinajstić information content (AvgIpc) is 2.91. The first-order valence-electron chi connectivity index (χ1n) is 13.5. The van der Waals surface area contributed by atoms with Crippen molar-refractivity contribution in [1.82, 2.24) is 9.97 Å². The van der Waals surface area contributed by atoms with E-state index < -0.39 is 0 Å². The topological polar surface area (TPSA) is 52.1 Å². The van der Waals surface area contributed by atoms with Crippen LogP contribution in [0.5, 0.6) is 5.75 Å². The molecule has 2 heterocycles. The fraction of sp³-hybridized carbons (Fsp3) is 0.303. The molecule has 0 saturated heterocycles. The van der Waals surface area contributed by atoms with E-state index in [0.717, 1.165) is 45.9 Å². The Bertz CT molecular complexity index is 1760. The molecular weight excluding hydrogens is 492 g/mol. The quantitative estimate of drug-likeness (QED) is 0.133. The lowest BCUT2D eigenvalue weighted by atomic mass is 9.64. The molecule has 4 aromatic carbocycles. The molecule has 2 aliphatic rings. The summed E-state index contributed by atoms with van der Waals surface area (Å²) in [6.07, 6.45) is 3.52. The second-order valence-corrected chi connectivity index (χ2v) is 12.0. The standard InChI is InChI=1S/C33H29ClN2O2/c1-18-8-14-25-24(16-18)28-30-29(22-6-4-5-7-23(22)32(28)38-33(25,2)3)36-27-17-20(11-15-26(27)35-30)31(37)19-9-12-21(34)13-10-19/h4-7,9-13,15,17-18,24-25H,8,14,16H2,1-3H3/t18-,24-,25-/m0/s1. The minimum atomic E-state index is -0.241. The van der Waals surface area contributed by atoms with Gasteiger partial charge in [0.2, 0.25) is 0 Å². The van der Waals surface area contributed by atoms with Crippen LogP contribution in [0.1, 0.15) is 67.4 Å². The predicted molar refractivity (Wildman–Crippen MR) is 153 cm³/mol. The van der Waals surface area contributed by atoms with Crippen LogP contribution in [0.3, 0.4) is 0 Å². The SMILES string of the molecule is C[C@H]1CC[C@H]2[C@H](C1)c1c(c3ccccc3c3nc4cc(C(=O)c5ccc(Cl)cc5)ccc4nc13)OC2(C)C. The highest BCUT2D eigenvalue weighted by molar-refractivity contribution is 6.30. The van der Waals surface area contributed by atoms with E-state index in [2.05, 4.69) is 39.0 Å². The molecule has 1 aliphatic carbocycles. The number of rotatable bonds is 2. The van der Waals surface area contributed by atoms with Crippen LogP contribution in [0, 0.1) is 11.8 Å². The van der Waals surface area contributed by atoms with Crippen LogP contribution in [0.25, 0.3) is 32.8 Å². The van der Waals surface area contributed by atoms with E-state index in [1.54, 1.807) is 24.3 Å². The van der Waals surface area contributed by atoms with Gasteiger partial charge in [-0.2, -0.15) is 0 Å². The highest BCUT2D eigenvalue weighted by Crippen LogP contribution is 2.56. The van der Waals surface area contributed by atoms with Gasteiger partial charge in [0.15, 0.2) is 5.78 Å². The van der Waals surface area contributed by atoms with Crippen LogP contribution in [-0.4, -0.2) is 21.4 Å². The van der Waals surface area contributed by atoms with Crippen molar-refractivity contribution in [3.63, 3.8) is 0 Å². The van der Waals surface area contributed by atoms with E-state index in [9.17, 15) is 4.79 Å². The summed E-state index contributed by atoms with van der Waals surface area (Å²) in [7, 11) is 0. The number of ketones is 1. The molecule has 0 amide bonds. The maximum atomic E-state index is 13.2. The number of carbonyl (C=O) groups is 1. The van der Waals surface area contributed by atoms with Gasteiger partial charge in [-0.05, 0) is 81.0 Å². The third kappa shape index (κ3) is 3.61. The van der Waals surface area contributed by atoms with Gasteiger partial charge in [-0.3, -0.25) is 4.79 Å². The van der Waals surface area contributed by atoms with Gasteiger partial charge in [0.1, 0.15) is 11.4 Å². The first-order valence-corrected chi connectivity index (χ1v) is 13.8. The molecule has 0 spiro atoms. The molecule has 1 aromatic heterocycles. The maximum Gasteiger partial charge on any atom is 0.193 e. The Kier molecular flexibility index (Phi) is 5.28. The number of carbonyl (C=O) groups excluding carboxylic acids is 1. The van der Waals surface area contributed by atoms with Crippen LogP contribution in [0.15, 0.2) is 66.7 Å². The van der Waals surface area contributed by atoms with Crippen LogP contribution in [-0.2, 0) is 0 Å². The zero-order chi connectivity index (χ0) is 26.2. The number of aromatic nitrogens is 2. The third-order valence-electron chi connectivity index (χ3n) is 8.70. The molecule has 190 valence electrons. The molecule has 1 fully saturated rings. The van der Waals surface area contributed by atoms with Gasteiger partial charge >= 0.3 is 0 Å². The Balaban J connectivity index is 1.47. The van der Waals surface area contributed by atoms with Crippen LogP contribution in [0.4, 0.5) is 0 Å². The van der Waals surface area contributed by atoms with Crippen molar-refractivity contribution >= 4 is 50.2 Å². The molecule has 1 aliphatic heterocycles. The van der Waals surface area contributed by atoms with Crippen molar-refractivity contribution in [3.05, 3.63) is 88.4 Å². The van der Waals surface area contributed by atoms with E-state index in [1.165, 1.54) is 12.0 Å².